The largest absolute Gasteiger partial charge is 0.484 e. The van der Waals surface area contributed by atoms with Crippen molar-refractivity contribution in [1.29, 1.82) is 0 Å². The number of carbonyl (C=O) groups excluding carboxylic acids is 1. The van der Waals surface area contributed by atoms with Gasteiger partial charge in [-0.3, -0.25) is 4.79 Å². The Kier molecular flexibility index (Phi) is 9.80. The second kappa shape index (κ2) is 11.6. The first kappa shape index (κ1) is 22.0. The summed E-state index contributed by atoms with van der Waals surface area (Å²) in [5.74, 6) is 1.71. The molecule has 2 aromatic rings. The Balaban J connectivity index is 0.00000169. The number of halogens is 2. The molecule has 1 fully saturated rings. The average molecular weight is 400 g/mol. The number of benzene rings is 1. The first-order valence-electron chi connectivity index (χ1n) is 8.11. The van der Waals surface area contributed by atoms with Gasteiger partial charge in [0.2, 0.25) is 5.88 Å². The van der Waals surface area contributed by atoms with Crippen LogP contribution in [-0.4, -0.2) is 36.6 Å². The molecule has 3 rings (SSSR count). The maximum absolute atomic E-state index is 11.8. The molecule has 2 N–H and O–H groups in total. The van der Waals surface area contributed by atoms with Crippen molar-refractivity contribution in [2.45, 2.75) is 18.9 Å². The van der Waals surface area contributed by atoms with Gasteiger partial charge in [0.25, 0.3) is 5.91 Å². The van der Waals surface area contributed by atoms with Gasteiger partial charge in [-0.05, 0) is 49.7 Å². The van der Waals surface area contributed by atoms with Crippen molar-refractivity contribution < 1.29 is 14.3 Å². The quantitative estimate of drug-likeness (QED) is 0.748. The van der Waals surface area contributed by atoms with Crippen LogP contribution < -0.4 is 20.1 Å². The summed E-state index contributed by atoms with van der Waals surface area (Å²) in [6, 6.07) is 13.0. The molecular formula is C18H23Cl2N3O3. The van der Waals surface area contributed by atoms with Crippen LogP contribution in [0.4, 0.5) is 0 Å². The van der Waals surface area contributed by atoms with E-state index >= 15 is 0 Å². The molecule has 1 aromatic heterocycles. The highest BCUT2D eigenvalue weighted by molar-refractivity contribution is 5.85. The number of hydrogen-bond donors (Lipinski definition) is 2. The second-order valence-electron chi connectivity index (χ2n) is 5.63. The number of aromatic nitrogens is 1. The van der Waals surface area contributed by atoms with Gasteiger partial charge in [0.15, 0.2) is 6.61 Å². The van der Waals surface area contributed by atoms with E-state index in [2.05, 4.69) is 15.6 Å². The Morgan fingerprint density at radius 3 is 2.58 bits per heavy atom. The van der Waals surface area contributed by atoms with Crippen LogP contribution in [0.2, 0.25) is 0 Å². The predicted octanol–water partition coefficient (Wildman–Crippen LogP) is 2.96. The minimum absolute atomic E-state index is 0. The molecule has 2 heterocycles. The Labute approximate surface area is 165 Å². The summed E-state index contributed by atoms with van der Waals surface area (Å²) in [6.07, 6.45) is 3.95. The molecule has 0 spiro atoms. The maximum Gasteiger partial charge on any atom is 0.257 e. The maximum atomic E-state index is 11.8. The van der Waals surface area contributed by atoms with Crippen LogP contribution in [0.3, 0.4) is 0 Å². The third-order valence-corrected chi connectivity index (χ3v) is 3.76. The molecule has 0 aliphatic carbocycles. The van der Waals surface area contributed by atoms with E-state index in [0.717, 1.165) is 13.0 Å². The highest BCUT2D eigenvalue weighted by Crippen LogP contribution is 2.22. The van der Waals surface area contributed by atoms with Crippen molar-refractivity contribution in [3.63, 3.8) is 0 Å². The van der Waals surface area contributed by atoms with Crippen LogP contribution >= 0.6 is 24.8 Å². The van der Waals surface area contributed by atoms with Crippen LogP contribution in [0, 0.1) is 0 Å². The number of pyridine rings is 1. The number of ether oxygens (including phenoxy) is 2. The fourth-order valence-corrected chi connectivity index (χ4v) is 2.50. The van der Waals surface area contributed by atoms with E-state index in [9.17, 15) is 4.79 Å². The molecule has 1 aromatic carbocycles. The zero-order valence-electron chi connectivity index (χ0n) is 14.2. The first-order chi connectivity index (χ1) is 11.8. The van der Waals surface area contributed by atoms with Gasteiger partial charge in [-0.2, -0.15) is 0 Å². The van der Waals surface area contributed by atoms with Crippen molar-refractivity contribution >= 4 is 30.7 Å². The van der Waals surface area contributed by atoms with Crippen molar-refractivity contribution in [2.75, 3.05) is 19.7 Å². The summed E-state index contributed by atoms with van der Waals surface area (Å²) in [5.41, 5.74) is 0. The molecule has 1 unspecified atom stereocenters. The molecule has 1 aliphatic heterocycles. The van der Waals surface area contributed by atoms with E-state index in [1.54, 1.807) is 36.5 Å². The molecule has 0 saturated carbocycles. The molecule has 1 amide bonds. The van der Waals surface area contributed by atoms with Crippen molar-refractivity contribution in [1.82, 2.24) is 15.6 Å². The Hall–Kier alpha value is -2.02. The van der Waals surface area contributed by atoms with E-state index in [0.29, 0.717) is 30.0 Å². The Bertz CT molecular complexity index is 650. The Morgan fingerprint density at radius 1 is 1.15 bits per heavy atom. The molecule has 1 atom stereocenters. The van der Waals surface area contributed by atoms with Crippen LogP contribution in [0.15, 0.2) is 48.7 Å². The predicted molar refractivity (Wildman–Crippen MR) is 105 cm³/mol. The number of nitrogens with one attached hydrogen (secondary N) is 2. The zero-order chi connectivity index (χ0) is 16.6. The van der Waals surface area contributed by atoms with Crippen molar-refractivity contribution in [3.8, 4) is 17.4 Å². The summed E-state index contributed by atoms with van der Waals surface area (Å²) in [5, 5.41) is 6.22. The number of amides is 1. The van der Waals surface area contributed by atoms with E-state index in [4.69, 9.17) is 9.47 Å². The molecule has 6 nitrogen and oxygen atoms in total. The SMILES string of the molecule is Cl.Cl.O=C(COc1ccc(Oc2ccccn2)cc1)NCC1CCCN1. The van der Waals surface area contributed by atoms with E-state index in [-0.39, 0.29) is 37.3 Å². The lowest BCUT2D eigenvalue weighted by Gasteiger charge is -2.12. The molecule has 1 saturated heterocycles. The van der Waals surface area contributed by atoms with Crippen LogP contribution in [0.5, 0.6) is 17.4 Å². The smallest absolute Gasteiger partial charge is 0.257 e. The summed E-state index contributed by atoms with van der Waals surface area (Å²) in [4.78, 5) is 15.9. The number of hydrogen-bond acceptors (Lipinski definition) is 5. The van der Waals surface area contributed by atoms with Gasteiger partial charge in [-0.1, -0.05) is 6.07 Å². The van der Waals surface area contributed by atoms with Gasteiger partial charge >= 0.3 is 0 Å². The molecule has 0 bridgehead atoms. The van der Waals surface area contributed by atoms with E-state index < -0.39 is 0 Å². The highest BCUT2D eigenvalue weighted by Gasteiger charge is 2.14. The topological polar surface area (TPSA) is 72.5 Å². The average Bonchev–Trinajstić information content (AvgIpc) is 3.14. The van der Waals surface area contributed by atoms with E-state index in [1.807, 2.05) is 12.1 Å². The van der Waals surface area contributed by atoms with Crippen LogP contribution in [0.25, 0.3) is 0 Å². The van der Waals surface area contributed by atoms with Crippen LogP contribution in [0.1, 0.15) is 12.8 Å². The summed E-state index contributed by atoms with van der Waals surface area (Å²) >= 11 is 0. The second-order valence-corrected chi connectivity index (χ2v) is 5.63. The molecule has 0 radical (unpaired) electrons. The van der Waals surface area contributed by atoms with Gasteiger partial charge in [-0.15, -0.1) is 24.8 Å². The minimum atomic E-state index is -0.113. The van der Waals surface area contributed by atoms with Gasteiger partial charge in [-0.25, -0.2) is 4.98 Å². The third-order valence-electron chi connectivity index (χ3n) is 3.76. The number of carbonyl (C=O) groups is 1. The lowest BCUT2D eigenvalue weighted by atomic mass is 10.2. The normalized spacial score (nSPS) is 15.3. The summed E-state index contributed by atoms with van der Waals surface area (Å²) in [6.45, 7) is 1.69. The third kappa shape index (κ3) is 7.07. The van der Waals surface area contributed by atoms with Gasteiger partial charge in [0, 0.05) is 24.8 Å². The first-order valence-corrected chi connectivity index (χ1v) is 8.11. The molecule has 1 aliphatic rings. The van der Waals surface area contributed by atoms with Crippen molar-refractivity contribution in [2.24, 2.45) is 0 Å². The molecule has 26 heavy (non-hydrogen) atoms. The lowest BCUT2D eigenvalue weighted by Crippen LogP contribution is -2.39. The highest BCUT2D eigenvalue weighted by atomic mass is 35.5. The van der Waals surface area contributed by atoms with Gasteiger partial charge < -0.3 is 20.1 Å². The summed E-state index contributed by atoms with van der Waals surface area (Å²) in [7, 11) is 0. The summed E-state index contributed by atoms with van der Waals surface area (Å²) < 4.78 is 11.1. The molecule has 8 heteroatoms. The molecule has 142 valence electrons. The fourth-order valence-electron chi connectivity index (χ4n) is 2.50. The fraction of sp³-hybridized carbons (Fsp3) is 0.333. The monoisotopic (exact) mass is 399 g/mol. The lowest BCUT2D eigenvalue weighted by molar-refractivity contribution is -0.123. The van der Waals surface area contributed by atoms with Crippen LogP contribution in [-0.2, 0) is 4.79 Å². The van der Waals surface area contributed by atoms with Gasteiger partial charge in [0.05, 0.1) is 0 Å². The van der Waals surface area contributed by atoms with E-state index in [1.165, 1.54) is 6.42 Å². The number of nitrogens with zero attached hydrogens (tertiary/aromatic N) is 1. The number of rotatable bonds is 7. The molecular weight excluding hydrogens is 377 g/mol. The van der Waals surface area contributed by atoms with Crippen molar-refractivity contribution in [3.05, 3.63) is 48.7 Å². The standard InChI is InChI=1S/C18H21N3O3.2ClH/c22-17(21-12-14-4-3-11-19-14)13-23-15-6-8-16(9-7-15)24-18-5-1-2-10-20-18;;/h1-2,5-10,14,19H,3-4,11-13H2,(H,21,22);2*1H. The van der Waals surface area contributed by atoms with Gasteiger partial charge in [0.1, 0.15) is 11.5 Å². The Morgan fingerprint density at radius 2 is 1.92 bits per heavy atom. The minimum Gasteiger partial charge on any atom is -0.484 e. The zero-order valence-corrected chi connectivity index (χ0v) is 15.9.